The molecule has 4 aromatic rings. The van der Waals surface area contributed by atoms with Gasteiger partial charge in [0.1, 0.15) is 29.6 Å². The molecule has 0 fully saturated rings. The number of hydrogen-bond acceptors (Lipinski definition) is 6. The Morgan fingerprint density at radius 3 is 2.32 bits per heavy atom. The van der Waals surface area contributed by atoms with E-state index in [1.165, 1.54) is 18.0 Å². The molecular formula is C34H47N3O5SSi. The van der Waals surface area contributed by atoms with Gasteiger partial charge in [0.15, 0.2) is 8.32 Å². The van der Waals surface area contributed by atoms with Crippen LogP contribution in [-0.4, -0.2) is 48.5 Å². The second-order valence-corrected chi connectivity index (χ2v) is 17.8. The number of H-pyrrole nitrogens is 1. The Morgan fingerprint density at radius 2 is 1.64 bits per heavy atom. The Bertz CT molecular complexity index is 1610. The fraction of sp³-hybridized carbons (Fsp3) is 0.412. The molecule has 0 radical (unpaired) electrons. The van der Waals surface area contributed by atoms with Crippen LogP contribution in [0, 0.1) is 13.8 Å². The first kappa shape index (κ1) is 33.7. The SMILES string of the molecule is CC[Si](CC)(CC)O[C@@H](CNCCOc1ccc2c(C)c(C)[nH]c2c1)c1ccc(OCc2ccccc2)c(S(=O)(=O)NC)c1. The number of ether oxygens (including phenoxy) is 2. The molecule has 1 heterocycles. The summed E-state index contributed by atoms with van der Waals surface area (Å²) in [6, 6.07) is 24.2. The molecule has 0 amide bonds. The molecule has 3 aromatic carbocycles. The third-order valence-electron chi connectivity index (χ3n) is 8.62. The fourth-order valence-corrected chi connectivity index (χ4v) is 9.17. The Labute approximate surface area is 263 Å². The second-order valence-electron chi connectivity index (χ2n) is 11.2. The molecule has 238 valence electrons. The van der Waals surface area contributed by atoms with E-state index in [-0.39, 0.29) is 17.6 Å². The van der Waals surface area contributed by atoms with Crippen LogP contribution in [0.1, 0.15) is 49.3 Å². The average Bonchev–Trinajstić information content (AvgIpc) is 3.34. The highest BCUT2D eigenvalue weighted by molar-refractivity contribution is 7.89. The summed E-state index contributed by atoms with van der Waals surface area (Å²) >= 11 is 0. The highest BCUT2D eigenvalue weighted by Crippen LogP contribution is 2.34. The number of aromatic nitrogens is 1. The number of aryl methyl sites for hydroxylation is 2. The van der Waals surface area contributed by atoms with E-state index in [2.05, 4.69) is 55.7 Å². The quantitative estimate of drug-likeness (QED) is 0.0851. The summed E-state index contributed by atoms with van der Waals surface area (Å²) in [6.07, 6.45) is -0.322. The first-order valence-corrected chi connectivity index (χ1v) is 19.5. The molecule has 0 unspecified atom stereocenters. The van der Waals surface area contributed by atoms with Gasteiger partial charge < -0.3 is 24.2 Å². The van der Waals surface area contributed by atoms with Crippen LogP contribution in [-0.2, 0) is 21.1 Å². The van der Waals surface area contributed by atoms with Gasteiger partial charge in [0.2, 0.25) is 10.0 Å². The van der Waals surface area contributed by atoms with Crippen molar-refractivity contribution < 1.29 is 22.3 Å². The van der Waals surface area contributed by atoms with Crippen molar-refractivity contribution in [1.29, 1.82) is 0 Å². The summed E-state index contributed by atoms with van der Waals surface area (Å²) in [6.45, 7) is 12.7. The minimum atomic E-state index is -3.79. The zero-order valence-electron chi connectivity index (χ0n) is 26.8. The van der Waals surface area contributed by atoms with Crippen LogP contribution in [0.15, 0.2) is 71.6 Å². The maximum absolute atomic E-state index is 13.1. The monoisotopic (exact) mass is 637 g/mol. The van der Waals surface area contributed by atoms with Crippen molar-refractivity contribution in [1.82, 2.24) is 15.0 Å². The van der Waals surface area contributed by atoms with Gasteiger partial charge in [0.25, 0.3) is 0 Å². The van der Waals surface area contributed by atoms with Crippen molar-refractivity contribution in [3.05, 3.63) is 89.1 Å². The molecule has 0 aliphatic carbocycles. The summed E-state index contributed by atoms with van der Waals surface area (Å²) in [4.78, 5) is 3.52. The largest absolute Gasteiger partial charge is 0.492 e. The minimum absolute atomic E-state index is 0.104. The predicted molar refractivity (Wildman–Crippen MR) is 181 cm³/mol. The Balaban J connectivity index is 1.51. The molecule has 1 aromatic heterocycles. The first-order chi connectivity index (χ1) is 21.1. The Hall–Kier alpha value is -3.15. The van der Waals surface area contributed by atoms with Crippen molar-refractivity contribution in [3.8, 4) is 11.5 Å². The molecule has 8 nitrogen and oxygen atoms in total. The van der Waals surface area contributed by atoms with Gasteiger partial charge in [-0.1, -0.05) is 57.2 Å². The summed E-state index contributed by atoms with van der Waals surface area (Å²) < 4.78 is 47.8. The molecule has 0 aliphatic rings. The first-order valence-electron chi connectivity index (χ1n) is 15.5. The van der Waals surface area contributed by atoms with Gasteiger partial charge in [-0.15, -0.1) is 0 Å². The van der Waals surface area contributed by atoms with Crippen LogP contribution < -0.4 is 19.5 Å². The predicted octanol–water partition coefficient (Wildman–Crippen LogP) is 7.00. The van der Waals surface area contributed by atoms with Crippen LogP contribution in [0.25, 0.3) is 10.9 Å². The maximum atomic E-state index is 13.1. The average molecular weight is 638 g/mol. The van der Waals surface area contributed by atoms with E-state index < -0.39 is 18.3 Å². The molecule has 0 bridgehead atoms. The number of nitrogens with one attached hydrogen (secondary N) is 3. The number of rotatable bonds is 17. The van der Waals surface area contributed by atoms with Crippen molar-refractivity contribution in [2.45, 2.75) is 70.4 Å². The van der Waals surface area contributed by atoms with Crippen LogP contribution in [0.2, 0.25) is 18.1 Å². The van der Waals surface area contributed by atoms with Crippen molar-refractivity contribution >= 4 is 29.2 Å². The van der Waals surface area contributed by atoms with E-state index in [4.69, 9.17) is 13.9 Å². The van der Waals surface area contributed by atoms with E-state index >= 15 is 0 Å². The zero-order chi connectivity index (χ0) is 31.7. The van der Waals surface area contributed by atoms with Crippen molar-refractivity contribution in [2.24, 2.45) is 0 Å². The smallest absolute Gasteiger partial charge is 0.244 e. The molecule has 4 rings (SSSR count). The number of benzene rings is 3. The number of aromatic amines is 1. The summed E-state index contributed by atoms with van der Waals surface area (Å²) in [7, 11) is -4.40. The van der Waals surface area contributed by atoms with Gasteiger partial charge in [0.05, 0.1) is 6.10 Å². The van der Waals surface area contributed by atoms with Crippen LogP contribution in [0.3, 0.4) is 0 Å². The van der Waals surface area contributed by atoms with E-state index in [1.54, 1.807) is 12.1 Å². The van der Waals surface area contributed by atoms with Crippen molar-refractivity contribution in [2.75, 3.05) is 26.7 Å². The van der Waals surface area contributed by atoms with Crippen molar-refractivity contribution in [3.63, 3.8) is 0 Å². The third kappa shape index (κ3) is 8.11. The molecule has 0 saturated heterocycles. The maximum Gasteiger partial charge on any atom is 0.244 e. The van der Waals surface area contributed by atoms with Crippen LogP contribution >= 0.6 is 0 Å². The topological polar surface area (TPSA) is 102 Å². The molecule has 0 saturated carbocycles. The molecule has 3 N–H and O–H groups in total. The fourth-order valence-electron chi connectivity index (χ4n) is 5.44. The standard InChI is InChI=1S/C34H47N3O5SSi/c1-7-44(8-2,9-3)42-33(23-36-19-20-40-29-16-17-30-25(4)26(5)37-31(30)22-29)28-15-18-32(34(21-28)43(38,39)35-6)41-24-27-13-11-10-12-14-27/h10-18,21-22,33,35-37H,7-9,19-20,23-24H2,1-6H3/t33-/m0/s1. The highest BCUT2D eigenvalue weighted by Gasteiger charge is 2.33. The highest BCUT2D eigenvalue weighted by atomic mass is 32.2. The van der Waals surface area contributed by atoms with Gasteiger partial charge in [0, 0.05) is 35.8 Å². The van der Waals surface area contributed by atoms with Crippen LogP contribution in [0.4, 0.5) is 0 Å². The zero-order valence-corrected chi connectivity index (χ0v) is 28.6. The van der Waals surface area contributed by atoms with Gasteiger partial charge in [-0.3, -0.25) is 0 Å². The molecule has 44 heavy (non-hydrogen) atoms. The lowest BCUT2D eigenvalue weighted by atomic mass is 10.1. The summed E-state index contributed by atoms with van der Waals surface area (Å²) in [5.74, 6) is 1.12. The summed E-state index contributed by atoms with van der Waals surface area (Å²) in [5, 5.41) is 4.71. The normalized spacial score (nSPS) is 12.9. The minimum Gasteiger partial charge on any atom is -0.492 e. The molecule has 10 heteroatoms. The van der Waals surface area contributed by atoms with E-state index in [0.717, 1.165) is 46.2 Å². The second kappa shape index (κ2) is 15.2. The van der Waals surface area contributed by atoms with Gasteiger partial charge >= 0.3 is 0 Å². The van der Waals surface area contributed by atoms with E-state index in [0.29, 0.717) is 25.4 Å². The summed E-state index contributed by atoms with van der Waals surface area (Å²) in [5.41, 5.74) is 5.25. The van der Waals surface area contributed by atoms with E-state index in [1.807, 2.05) is 48.5 Å². The molecular weight excluding hydrogens is 591 g/mol. The number of fused-ring (bicyclic) bond motifs is 1. The third-order valence-corrected chi connectivity index (χ3v) is 14.7. The molecule has 0 aliphatic heterocycles. The van der Waals surface area contributed by atoms with Gasteiger partial charge in [-0.05, 0) is 80.0 Å². The lowest BCUT2D eigenvalue weighted by molar-refractivity contribution is 0.182. The van der Waals surface area contributed by atoms with E-state index in [9.17, 15) is 8.42 Å². The lowest BCUT2D eigenvalue weighted by Crippen LogP contribution is -2.40. The van der Waals surface area contributed by atoms with Gasteiger partial charge in [-0.25, -0.2) is 13.1 Å². The Kier molecular flexibility index (Phi) is 11.7. The molecule has 0 spiro atoms. The Morgan fingerprint density at radius 1 is 0.909 bits per heavy atom. The number of hydrogen-bond donors (Lipinski definition) is 3. The van der Waals surface area contributed by atoms with Crippen LogP contribution in [0.5, 0.6) is 11.5 Å². The molecule has 1 atom stereocenters. The number of sulfonamides is 1. The lowest BCUT2D eigenvalue weighted by Gasteiger charge is -2.34. The van der Waals surface area contributed by atoms with Gasteiger partial charge in [-0.2, -0.15) is 0 Å².